The molecule has 2 aromatic heterocycles. The number of carbonyl (C=O) groups excluding carboxylic acids is 2. The molecule has 0 radical (unpaired) electrons. The highest BCUT2D eigenvalue weighted by Gasteiger charge is 2.17. The molecule has 3 aromatic rings. The van der Waals surface area contributed by atoms with Gasteiger partial charge in [0.1, 0.15) is 5.76 Å². The van der Waals surface area contributed by atoms with Crippen molar-refractivity contribution in [2.45, 2.75) is 31.4 Å². The van der Waals surface area contributed by atoms with Gasteiger partial charge in [0.2, 0.25) is 5.78 Å². The van der Waals surface area contributed by atoms with E-state index in [0.717, 1.165) is 26.8 Å². The predicted octanol–water partition coefficient (Wildman–Crippen LogP) is 4.99. The maximum absolute atomic E-state index is 12.5. The van der Waals surface area contributed by atoms with Gasteiger partial charge >= 0.3 is 5.97 Å². The average Bonchev–Trinajstić information content (AvgIpc) is 3.24. The van der Waals surface area contributed by atoms with Crippen molar-refractivity contribution in [1.82, 2.24) is 5.16 Å². The molecule has 3 rings (SSSR count). The van der Waals surface area contributed by atoms with E-state index < -0.39 is 5.97 Å². The summed E-state index contributed by atoms with van der Waals surface area (Å²) in [6.45, 7) is 5.43. The third-order valence-electron chi connectivity index (χ3n) is 4.01. The van der Waals surface area contributed by atoms with Crippen molar-refractivity contribution in [2.75, 3.05) is 6.61 Å². The van der Waals surface area contributed by atoms with Gasteiger partial charge in [-0.2, -0.15) is 0 Å². The van der Waals surface area contributed by atoms with Gasteiger partial charge in [-0.3, -0.25) is 4.79 Å². The Morgan fingerprint density at radius 2 is 1.93 bits per heavy atom. The summed E-state index contributed by atoms with van der Waals surface area (Å²) in [5, 5.41) is 3.95. The number of rotatable bonds is 7. The summed E-state index contributed by atoms with van der Waals surface area (Å²) in [5.74, 6) is 0.719. The molecule has 27 heavy (non-hydrogen) atoms. The molecule has 0 saturated heterocycles. The highest BCUT2D eigenvalue weighted by molar-refractivity contribution is 7.98. The van der Waals surface area contributed by atoms with Crippen LogP contribution in [-0.4, -0.2) is 23.5 Å². The molecule has 0 saturated carbocycles. The first-order valence-electron chi connectivity index (χ1n) is 8.36. The highest BCUT2D eigenvalue weighted by atomic mass is 32.2. The molecule has 7 heteroatoms. The lowest BCUT2D eigenvalue weighted by Gasteiger charge is -2.09. The van der Waals surface area contributed by atoms with E-state index >= 15 is 0 Å². The second-order valence-corrected chi connectivity index (χ2v) is 8.30. The Morgan fingerprint density at radius 3 is 2.59 bits per heavy atom. The number of hydrogen-bond acceptors (Lipinski definition) is 7. The molecule has 0 fully saturated rings. The summed E-state index contributed by atoms with van der Waals surface area (Å²) >= 11 is 2.91. The number of aromatic nitrogens is 1. The van der Waals surface area contributed by atoms with Crippen LogP contribution in [0.5, 0.6) is 0 Å². The van der Waals surface area contributed by atoms with Crippen LogP contribution >= 0.6 is 23.1 Å². The SMILES string of the molecule is Cc1ccc(C(=O)COC(=O)c2ccccc2SCc2c(C)noc2C)s1. The van der Waals surface area contributed by atoms with Gasteiger partial charge in [-0.1, -0.05) is 17.3 Å². The summed E-state index contributed by atoms with van der Waals surface area (Å²) in [5.41, 5.74) is 2.31. The van der Waals surface area contributed by atoms with E-state index in [9.17, 15) is 9.59 Å². The van der Waals surface area contributed by atoms with Gasteiger partial charge < -0.3 is 9.26 Å². The number of thioether (sulfide) groups is 1. The number of ketones is 1. The summed E-state index contributed by atoms with van der Waals surface area (Å²) in [6, 6.07) is 10.8. The second-order valence-electron chi connectivity index (χ2n) is 6.00. The first-order valence-corrected chi connectivity index (χ1v) is 10.2. The first kappa shape index (κ1) is 19.4. The Hall–Kier alpha value is -2.38. The lowest BCUT2D eigenvalue weighted by atomic mass is 10.2. The van der Waals surface area contributed by atoms with E-state index in [1.807, 2.05) is 39.0 Å². The average molecular weight is 402 g/mol. The zero-order valence-electron chi connectivity index (χ0n) is 15.3. The van der Waals surface area contributed by atoms with Gasteiger partial charge in [-0.05, 0) is 45.0 Å². The molecule has 0 amide bonds. The number of benzene rings is 1. The van der Waals surface area contributed by atoms with E-state index in [0.29, 0.717) is 16.2 Å². The highest BCUT2D eigenvalue weighted by Crippen LogP contribution is 2.29. The standard InChI is InChI=1S/C20H19NO4S2/c1-12-8-9-19(27-12)17(22)10-24-20(23)15-6-4-5-7-18(15)26-11-16-13(2)21-25-14(16)3/h4-9H,10-11H2,1-3H3. The monoisotopic (exact) mass is 401 g/mol. The van der Waals surface area contributed by atoms with E-state index in [1.54, 1.807) is 18.2 Å². The van der Waals surface area contributed by atoms with Gasteiger partial charge in [-0.25, -0.2) is 4.79 Å². The normalized spacial score (nSPS) is 10.8. The van der Waals surface area contributed by atoms with Crippen molar-refractivity contribution in [3.63, 3.8) is 0 Å². The fraction of sp³-hybridized carbons (Fsp3) is 0.250. The first-order chi connectivity index (χ1) is 13.0. The zero-order valence-corrected chi connectivity index (χ0v) is 16.9. The lowest BCUT2D eigenvalue weighted by molar-refractivity contribution is 0.0472. The van der Waals surface area contributed by atoms with Crippen LogP contribution in [0.2, 0.25) is 0 Å². The van der Waals surface area contributed by atoms with E-state index in [4.69, 9.17) is 9.26 Å². The van der Waals surface area contributed by atoms with Crippen molar-refractivity contribution in [2.24, 2.45) is 0 Å². The number of thiophene rings is 1. The minimum Gasteiger partial charge on any atom is -0.454 e. The Bertz CT molecular complexity index is 955. The molecule has 0 atom stereocenters. The molecule has 0 spiro atoms. The number of carbonyl (C=O) groups is 2. The van der Waals surface area contributed by atoms with Crippen molar-refractivity contribution in [1.29, 1.82) is 0 Å². The van der Waals surface area contributed by atoms with E-state index in [-0.39, 0.29) is 12.4 Å². The molecular weight excluding hydrogens is 382 g/mol. The third-order valence-corrected chi connectivity index (χ3v) is 6.15. The molecule has 140 valence electrons. The minimum atomic E-state index is -0.501. The van der Waals surface area contributed by atoms with Gasteiger partial charge in [0.05, 0.1) is 16.1 Å². The Balaban J connectivity index is 1.65. The van der Waals surface area contributed by atoms with Gasteiger partial charge in [0.15, 0.2) is 6.61 Å². The van der Waals surface area contributed by atoms with Crippen LogP contribution in [0, 0.1) is 20.8 Å². The third kappa shape index (κ3) is 4.67. The number of ether oxygens (including phenoxy) is 1. The van der Waals surface area contributed by atoms with Crippen molar-refractivity contribution in [3.05, 3.63) is 68.7 Å². The number of hydrogen-bond donors (Lipinski definition) is 0. The minimum absolute atomic E-state index is 0.192. The van der Waals surface area contributed by atoms with Crippen LogP contribution in [0.15, 0.2) is 45.8 Å². The molecular formula is C20H19NO4S2. The predicted molar refractivity (Wildman–Crippen MR) is 106 cm³/mol. The van der Waals surface area contributed by atoms with E-state index in [1.165, 1.54) is 23.1 Å². The quantitative estimate of drug-likeness (QED) is 0.315. The number of nitrogens with zero attached hydrogens (tertiary/aromatic N) is 1. The topological polar surface area (TPSA) is 69.4 Å². The van der Waals surface area contributed by atoms with Crippen LogP contribution in [0.25, 0.3) is 0 Å². The molecule has 5 nitrogen and oxygen atoms in total. The maximum atomic E-state index is 12.5. The lowest BCUT2D eigenvalue weighted by Crippen LogP contribution is -2.14. The van der Waals surface area contributed by atoms with Crippen molar-refractivity contribution >= 4 is 34.9 Å². The molecule has 1 aromatic carbocycles. The zero-order chi connectivity index (χ0) is 19.4. The van der Waals surface area contributed by atoms with Crippen LogP contribution in [0.1, 0.15) is 41.9 Å². The van der Waals surface area contributed by atoms with Crippen LogP contribution in [0.3, 0.4) is 0 Å². The second kappa shape index (κ2) is 8.54. The summed E-state index contributed by atoms with van der Waals surface area (Å²) in [7, 11) is 0. The fourth-order valence-electron chi connectivity index (χ4n) is 2.48. The molecule has 0 bridgehead atoms. The Morgan fingerprint density at radius 1 is 1.15 bits per heavy atom. The molecule has 0 aliphatic carbocycles. The fourth-order valence-corrected chi connectivity index (χ4v) is 4.47. The maximum Gasteiger partial charge on any atom is 0.339 e. The van der Waals surface area contributed by atoms with E-state index in [2.05, 4.69) is 5.16 Å². The molecule has 0 unspecified atom stereocenters. The Labute approximate surface area is 165 Å². The smallest absolute Gasteiger partial charge is 0.339 e. The summed E-state index contributed by atoms with van der Waals surface area (Å²) < 4.78 is 10.4. The van der Waals surface area contributed by atoms with Crippen LogP contribution in [-0.2, 0) is 10.5 Å². The van der Waals surface area contributed by atoms with Crippen molar-refractivity contribution in [3.8, 4) is 0 Å². The molecule has 0 aliphatic rings. The van der Waals surface area contributed by atoms with Gasteiger partial charge in [0.25, 0.3) is 0 Å². The molecule has 0 aliphatic heterocycles. The van der Waals surface area contributed by atoms with Gasteiger partial charge in [0, 0.05) is 21.1 Å². The Kier molecular flexibility index (Phi) is 6.13. The molecule has 0 N–H and O–H groups in total. The number of aryl methyl sites for hydroxylation is 3. The number of esters is 1. The molecule has 2 heterocycles. The largest absolute Gasteiger partial charge is 0.454 e. The van der Waals surface area contributed by atoms with Crippen LogP contribution < -0.4 is 0 Å². The number of Topliss-reactive ketones (excluding diaryl/α,β-unsaturated/α-hetero) is 1. The van der Waals surface area contributed by atoms with Crippen molar-refractivity contribution < 1.29 is 18.8 Å². The van der Waals surface area contributed by atoms with Crippen LogP contribution in [0.4, 0.5) is 0 Å². The summed E-state index contributed by atoms with van der Waals surface area (Å²) in [6.07, 6.45) is 0. The summed E-state index contributed by atoms with van der Waals surface area (Å²) in [4.78, 5) is 27.1. The van der Waals surface area contributed by atoms with Gasteiger partial charge in [-0.15, -0.1) is 23.1 Å².